The van der Waals surface area contributed by atoms with Gasteiger partial charge in [0.1, 0.15) is 5.60 Å². The van der Waals surface area contributed by atoms with Crippen LogP contribution in [0.1, 0.15) is 99.8 Å². The summed E-state index contributed by atoms with van der Waals surface area (Å²) in [6.45, 7) is 20.5. The van der Waals surface area contributed by atoms with Crippen molar-refractivity contribution in [2.24, 2.45) is 50.7 Å². The molecule has 4 aliphatic heterocycles. The van der Waals surface area contributed by atoms with Crippen LogP contribution >= 0.6 is 0 Å². The molecule has 5 aliphatic carbocycles. The van der Waals surface area contributed by atoms with Gasteiger partial charge in [0.25, 0.3) is 0 Å². The van der Waals surface area contributed by atoms with E-state index in [1.54, 1.807) is 0 Å². The van der Waals surface area contributed by atoms with Crippen molar-refractivity contribution in [2.75, 3.05) is 32.9 Å². The molecular weight excluding hydrogens is 596 g/mol. The zero-order valence-corrected chi connectivity index (χ0v) is 29.9. The van der Waals surface area contributed by atoms with Gasteiger partial charge in [0, 0.05) is 12.0 Å². The molecule has 2 N–H and O–H groups in total. The van der Waals surface area contributed by atoms with Crippen LogP contribution in [0, 0.1) is 50.7 Å². The number of nitrogens with one attached hydrogen (secondary N) is 1. The van der Waals surface area contributed by atoms with Crippen LogP contribution in [0.25, 0.3) is 0 Å². The van der Waals surface area contributed by atoms with Crippen LogP contribution < -0.4 is 5.32 Å². The molecule has 0 aromatic carbocycles. The van der Waals surface area contributed by atoms with Crippen molar-refractivity contribution < 1.29 is 33.6 Å². The third-order valence-corrected chi connectivity index (χ3v) is 17.0. The third-order valence-electron chi connectivity index (χ3n) is 17.0. The maximum Gasteiger partial charge on any atom is 0.408 e. The number of ether oxygens (including phenoxy) is 5. The van der Waals surface area contributed by atoms with Crippen LogP contribution in [-0.2, 0) is 23.7 Å². The van der Waals surface area contributed by atoms with Crippen molar-refractivity contribution in [3.63, 3.8) is 0 Å². The Morgan fingerprint density at radius 3 is 2.43 bits per heavy atom. The Bertz CT molecular complexity index is 1300. The average Bonchev–Trinajstić information content (AvgIpc) is 3.50. The van der Waals surface area contributed by atoms with Crippen LogP contribution in [-0.4, -0.2) is 97.4 Å². The van der Waals surface area contributed by atoms with Crippen molar-refractivity contribution in [1.29, 1.82) is 0 Å². The van der Waals surface area contributed by atoms with Crippen molar-refractivity contribution >= 4 is 6.09 Å². The third kappa shape index (κ3) is 4.02. The molecule has 2 spiro atoms. The number of alkyl carbamates (subject to hydrolysis) is 1. The number of aliphatic hydroxyl groups is 1. The highest BCUT2D eigenvalue weighted by Crippen LogP contribution is 2.89. The van der Waals surface area contributed by atoms with Gasteiger partial charge >= 0.3 is 6.09 Å². The Morgan fingerprint density at radius 1 is 0.979 bits per heavy atom. The minimum atomic E-state index is -0.634. The lowest BCUT2D eigenvalue weighted by Crippen LogP contribution is -2.60. The van der Waals surface area contributed by atoms with Crippen LogP contribution in [0.2, 0.25) is 0 Å². The molecule has 4 heterocycles. The van der Waals surface area contributed by atoms with E-state index in [0.29, 0.717) is 40.5 Å². The maximum atomic E-state index is 12.6. The number of fused-ring (bicyclic) bond motifs is 4. The molecule has 1 amide bonds. The number of amides is 1. The van der Waals surface area contributed by atoms with Gasteiger partial charge in [-0.3, -0.25) is 4.90 Å². The van der Waals surface area contributed by atoms with Crippen molar-refractivity contribution in [1.82, 2.24) is 10.2 Å². The minimum absolute atomic E-state index is 0.0183. The van der Waals surface area contributed by atoms with Crippen LogP contribution in [0.3, 0.4) is 0 Å². The summed E-state index contributed by atoms with van der Waals surface area (Å²) >= 11 is 0. The zero-order chi connectivity index (χ0) is 32.9. The monoisotopic (exact) mass is 656 g/mol. The fraction of sp³-hybridized carbons (Fsp3) is 0.974. The number of rotatable bonds is 4. The van der Waals surface area contributed by atoms with Gasteiger partial charge in [-0.1, -0.05) is 34.6 Å². The number of aliphatic hydroxyl groups excluding tert-OH is 1. The van der Waals surface area contributed by atoms with Crippen LogP contribution in [0.15, 0.2) is 0 Å². The number of hydrogen-bond donors (Lipinski definition) is 2. The van der Waals surface area contributed by atoms with Crippen molar-refractivity contribution in [2.45, 2.75) is 148 Å². The molecule has 5 saturated carbocycles. The number of carbonyl (C=O) groups is 1. The molecule has 0 aromatic rings. The van der Waals surface area contributed by atoms with E-state index in [0.717, 1.165) is 52.2 Å². The maximum absolute atomic E-state index is 12.6. The number of carbonyl (C=O) groups excluding carboxylic acids is 1. The van der Waals surface area contributed by atoms with Gasteiger partial charge in [0.05, 0.1) is 62.9 Å². The van der Waals surface area contributed by atoms with E-state index in [1.165, 1.54) is 32.1 Å². The van der Waals surface area contributed by atoms with E-state index in [4.69, 9.17) is 23.7 Å². The summed E-state index contributed by atoms with van der Waals surface area (Å²) in [5, 5.41) is 15.6. The van der Waals surface area contributed by atoms with Gasteiger partial charge in [0.2, 0.25) is 0 Å². The predicted molar refractivity (Wildman–Crippen MR) is 174 cm³/mol. The first-order valence-corrected chi connectivity index (χ1v) is 19.1. The topological polar surface area (TPSA) is 98.7 Å². The first kappa shape index (κ1) is 32.0. The molecule has 47 heavy (non-hydrogen) atoms. The molecule has 14 atom stereocenters. The predicted octanol–water partition coefficient (Wildman–Crippen LogP) is 5.13. The zero-order valence-electron chi connectivity index (χ0n) is 29.9. The van der Waals surface area contributed by atoms with Gasteiger partial charge in [-0.05, 0) is 111 Å². The summed E-state index contributed by atoms with van der Waals surface area (Å²) in [4.78, 5) is 14.8. The molecule has 264 valence electrons. The first-order chi connectivity index (χ1) is 22.2. The van der Waals surface area contributed by atoms with Crippen LogP contribution in [0.5, 0.6) is 0 Å². The lowest BCUT2D eigenvalue weighted by Gasteiger charge is -2.64. The SMILES string of the molecule is C[C@@H]1CC([C@@H]2NC(=O)OC2(C)C)OC2[C@H]1[C@@]1(C)CC[C@@]34C[C@@]35CCC(O[C@H]3CN(C6COC6)CCO3)C(C)(C)[C@@H]5CCC4[C@]1(C)[C@H]2O. The van der Waals surface area contributed by atoms with Gasteiger partial charge in [-0.25, -0.2) is 4.79 Å². The lowest BCUT2D eigenvalue weighted by molar-refractivity contribution is -0.256. The normalized spacial score (nSPS) is 56.1. The smallest absolute Gasteiger partial charge is 0.408 e. The highest BCUT2D eigenvalue weighted by Gasteiger charge is 2.84. The van der Waals surface area contributed by atoms with E-state index in [9.17, 15) is 9.90 Å². The van der Waals surface area contributed by atoms with Gasteiger partial charge in [-0.15, -0.1) is 0 Å². The minimum Gasteiger partial charge on any atom is -0.441 e. The molecular formula is C38H60N2O7. The Morgan fingerprint density at radius 2 is 1.72 bits per heavy atom. The van der Waals surface area contributed by atoms with E-state index in [1.807, 2.05) is 13.8 Å². The molecule has 9 heteroatoms. The molecule has 9 aliphatic rings. The molecule has 9 fully saturated rings. The molecule has 9 rings (SSSR count). The van der Waals surface area contributed by atoms with Gasteiger partial charge < -0.3 is 34.1 Å². The number of nitrogens with zero attached hydrogens (tertiary/aromatic N) is 1. The lowest BCUT2D eigenvalue weighted by atomic mass is 9.41. The average molecular weight is 657 g/mol. The molecule has 0 radical (unpaired) electrons. The number of morpholine rings is 1. The Hall–Kier alpha value is -0.970. The van der Waals surface area contributed by atoms with Crippen molar-refractivity contribution in [3.8, 4) is 0 Å². The fourth-order valence-electron chi connectivity index (χ4n) is 14.6. The summed E-state index contributed by atoms with van der Waals surface area (Å²) in [6.07, 6.45) is 8.15. The van der Waals surface area contributed by atoms with Gasteiger partial charge in [0.15, 0.2) is 6.29 Å². The number of cyclic esters (lactones) is 1. The summed E-state index contributed by atoms with van der Waals surface area (Å²) < 4.78 is 31.2. The summed E-state index contributed by atoms with van der Waals surface area (Å²) in [5.41, 5.74) is -0.0842. The fourth-order valence-corrected chi connectivity index (χ4v) is 14.6. The van der Waals surface area contributed by atoms with E-state index >= 15 is 0 Å². The van der Waals surface area contributed by atoms with E-state index in [-0.39, 0.29) is 53.0 Å². The second-order valence-corrected chi connectivity index (χ2v) is 19.3. The first-order valence-electron chi connectivity index (χ1n) is 19.1. The van der Waals surface area contributed by atoms with Crippen LogP contribution in [0.4, 0.5) is 4.79 Å². The Kier molecular flexibility index (Phi) is 6.86. The second-order valence-electron chi connectivity index (χ2n) is 19.3. The molecule has 4 saturated heterocycles. The second kappa shape index (κ2) is 10.1. The molecule has 0 aromatic heterocycles. The summed E-state index contributed by atoms with van der Waals surface area (Å²) in [5.74, 6) is 1.84. The summed E-state index contributed by atoms with van der Waals surface area (Å²) in [7, 11) is 0. The summed E-state index contributed by atoms with van der Waals surface area (Å²) in [6, 6.07) is 0.308. The molecule has 4 unspecified atom stereocenters. The highest BCUT2D eigenvalue weighted by molar-refractivity contribution is 5.71. The quantitative estimate of drug-likeness (QED) is 0.430. The molecule has 9 nitrogen and oxygen atoms in total. The van der Waals surface area contributed by atoms with Gasteiger partial charge in [-0.2, -0.15) is 0 Å². The number of hydrogen-bond acceptors (Lipinski definition) is 8. The van der Waals surface area contributed by atoms with E-state index < -0.39 is 11.7 Å². The van der Waals surface area contributed by atoms with E-state index in [2.05, 4.69) is 44.8 Å². The Balaban J connectivity index is 0.956. The van der Waals surface area contributed by atoms with Crippen molar-refractivity contribution in [3.05, 3.63) is 0 Å². The largest absolute Gasteiger partial charge is 0.441 e. The molecule has 0 bridgehead atoms. The highest BCUT2D eigenvalue weighted by atomic mass is 16.7. The standard InChI is InChI=1S/C38H60N2O7/c1-21-16-23(30-34(4,5)47-32(42)39-30)45-29-28(21)35(6)12-13-38-20-37(38)11-10-26(46-27-17-40(14-15-44-27)22-18-43-19-22)33(2,3)24(37)8-9-25(38)36(35,7)31(29)41/h21-31,41H,8-20H2,1-7H3,(H,39,42)/t21-,23?,24+,25?,26?,27+,28+,29?,30+,31+,35-,36-,37-,38+/m1/s1. The Labute approximate surface area is 281 Å².